The van der Waals surface area contributed by atoms with E-state index in [1.165, 1.54) is 18.3 Å². The molecule has 0 spiro atoms. The van der Waals surface area contributed by atoms with Gasteiger partial charge in [-0.2, -0.15) is 4.98 Å². The van der Waals surface area contributed by atoms with Crippen LogP contribution in [0.15, 0.2) is 33.3 Å². The number of hydrogen-bond acceptors (Lipinski definition) is 5. The van der Waals surface area contributed by atoms with E-state index in [1.807, 2.05) is 0 Å². The molecule has 19 heavy (non-hydrogen) atoms. The predicted molar refractivity (Wildman–Crippen MR) is 75.6 cm³/mol. The first-order valence-electron chi connectivity index (χ1n) is 4.77. The lowest BCUT2D eigenvalue weighted by Gasteiger charge is -2.07. The summed E-state index contributed by atoms with van der Waals surface area (Å²) in [7, 11) is 0. The van der Waals surface area contributed by atoms with E-state index in [1.54, 1.807) is 6.07 Å². The van der Waals surface area contributed by atoms with Crippen LogP contribution >= 0.6 is 43.5 Å². The molecule has 1 heterocycles. The van der Waals surface area contributed by atoms with Gasteiger partial charge in [0.05, 0.1) is 9.40 Å². The van der Waals surface area contributed by atoms with Gasteiger partial charge < -0.3 is 4.74 Å². The largest absolute Gasteiger partial charge is 0.430 e. The second kappa shape index (κ2) is 5.81. The summed E-state index contributed by atoms with van der Waals surface area (Å²) in [6, 6.07) is 4.43. The van der Waals surface area contributed by atoms with E-state index in [4.69, 9.17) is 16.3 Å². The molecule has 0 aliphatic heterocycles. The van der Waals surface area contributed by atoms with Crippen LogP contribution in [0.3, 0.4) is 0 Å². The lowest BCUT2D eigenvalue weighted by atomic mass is 10.3. The SMILES string of the molecule is O=[N+]([O-])c1cc(Br)ccc1Oc1nc(Cl)ncc1Br. The zero-order valence-electron chi connectivity index (χ0n) is 9.01. The van der Waals surface area contributed by atoms with Gasteiger partial charge in [-0.3, -0.25) is 10.1 Å². The van der Waals surface area contributed by atoms with E-state index >= 15 is 0 Å². The molecule has 1 aromatic carbocycles. The molecule has 1 aromatic heterocycles. The molecule has 0 bridgehead atoms. The minimum absolute atomic E-state index is 0.0158. The van der Waals surface area contributed by atoms with Crippen LogP contribution in [-0.2, 0) is 0 Å². The molecular formula is C10H4Br2ClN3O3. The first kappa shape index (κ1) is 14.2. The standard InChI is InChI=1S/C10H4Br2ClN3O3/c11-5-1-2-8(7(3-5)16(17)18)19-9-6(12)4-14-10(13)15-9/h1-4H. The molecule has 0 aliphatic rings. The molecule has 0 saturated carbocycles. The molecule has 9 heteroatoms. The molecule has 2 rings (SSSR count). The van der Waals surface area contributed by atoms with Gasteiger partial charge in [-0.15, -0.1) is 0 Å². The predicted octanol–water partition coefficient (Wildman–Crippen LogP) is 4.36. The summed E-state index contributed by atoms with van der Waals surface area (Å²) >= 11 is 12.0. The van der Waals surface area contributed by atoms with Crippen LogP contribution < -0.4 is 4.74 Å². The maximum absolute atomic E-state index is 11.0. The summed E-state index contributed by atoms with van der Waals surface area (Å²) in [4.78, 5) is 18.0. The summed E-state index contributed by atoms with van der Waals surface area (Å²) in [5.74, 6) is 0.161. The van der Waals surface area contributed by atoms with Crippen LogP contribution in [0.1, 0.15) is 0 Å². The molecular weight excluding hydrogens is 405 g/mol. The average Bonchev–Trinajstić information content (AvgIpc) is 2.35. The fourth-order valence-corrected chi connectivity index (χ4v) is 1.97. The molecule has 6 nitrogen and oxygen atoms in total. The third-order valence-corrected chi connectivity index (χ3v) is 3.23. The Kier molecular flexibility index (Phi) is 4.33. The maximum atomic E-state index is 11.0. The van der Waals surface area contributed by atoms with Crippen molar-refractivity contribution in [2.75, 3.05) is 0 Å². The highest BCUT2D eigenvalue weighted by atomic mass is 79.9. The van der Waals surface area contributed by atoms with Crippen LogP contribution in [0.25, 0.3) is 0 Å². The number of ether oxygens (including phenoxy) is 1. The Balaban J connectivity index is 2.43. The van der Waals surface area contributed by atoms with Gasteiger partial charge in [-0.1, -0.05) is 15.9 Å². The van der Waals surface area contributed by atoms with Crippen molar-refractivity contribution in [3.05, 3.63) is 48.7 Å². The van der Waals surface area contributed by atoms with Crippen LogP contribution in [0, 0.1) is 10.1 Å². The van der Waals surface area contributed by atoms with Crippen LogP contribution in [0.4, 0.5) is 5.69 Å². The highest BCUT2D eigenvalue weighted by Gasteiger charge is 2.18. The highest BCUT2D eigenvalue weighted by molar-refractivity contribution is 9.10. The molecule has 0 fully saturated rings. The Morgan fingerprint density at radius 3 is 2.79 bits per heavy atom. The molecule has 0 atom stereocenters. The average molecular weight is 409 g/mol. The van der Waals surface area contributed by atoms with Crippen molar-refractivity contribution < 1.29 is 9.66 Å². The first-order chi connectivity index (χ1) is 8.97. The third kappa shape index (κ3) is 3.40. The highest BCUT2D eigenvalue weighted by Crippen LogP contribution is 2.35. The van der Waals surface area contributed by atoms with E-state index in [0.29, 0.717) is 8.95 Å². The normalized spacial score (nSPS) is 10.3. The van der Waals surface area contributed by atoms with E-state index in [0.717, 1.165) is 0 Å². The Labute approximate surface area is 129 Å². The molecule has 0 N–H and O–H groups in total. The van der Waals surface area contributed by atoms with Crippen molar-refractivity contribution in [2.45, 2.75) is 0 Å². The Hall–Kier alpha value is -1.25. The topological polar surface area (TPSA) is 78.2 Å². The van der Waals surface area contributed by atoms with E-state index < -0.39 is 4.92 Å². The molecule has 0 unspecified atom stereocenters. The fourth-order valence-electron chi connectivity index (χ4n) is 1.23. The first-order valence-corrected chi connectivity index (χ1v) is 6.73. The quantitative estimate of drug-likeness (QED) is 0.428. The van der Waals surface area contributed by atoms with Crippen LogP contribution in [0.2, 0.25) is 5.28 Å². The summed E-state index contributed by atoms with van der Waals surface area (Å²) in [6.07, 6.45) is 1.40. The summed E-state index contributed by atoms with van der Waals surface area (Å²) in [5.41, 5.74) is -0.184. The van der Waals surface area contributed by atoms with Crippen molar-refractivity contribution in [1.29, 1.82) is 0 Å². The number of benzene rings is 1. The van der Waals surface area contributed by atoms with Gasteiger partial charge in [0.15, 0.2) is 0 Å². The smallest absolute Gasteiger partial charge is 0.312 e. The monoisotopic (exact) mass is 407 g/mol. The Bertz CT molecular complexity index is 654. The Morgan fingerprint density at radius 2 is 2.11 bits per heavy atom. The zero-order chi connectivity index (χ0) is 14.0. The van der Waals surface area contributed by atoms with E-state index in [-0.39, 0.29) is 22.6 Å². The van der Waals surface area contributed by atoms with E-state index in [9.17, 15) is 10.1 Å². The zero-order valence-corrected chi connectivity index (χ0v) is 12.9. The number of nitro groups is 1. The Morgan fingerprint density at radius 1 is 1.37 bits per heavy atom. The van der Waals surface area contributed by atoms with Gasteiger partial charge in [0.1, 0.15) is 0 Å². The van der Waals surface area contributed by atoms with E-state index in [2.05, 4.69) is 41.8 Å². The number of rotatable bonds is 3. The van der Waals surface area contributed by atoms with Gasteiger partial charge in [-0.25, -0.2) is 4.98 Å². The lowest BCUT2D eigenvalue weighted by molar-refractivity contribution is -0.385. The second-order valence-corrected chi connectivity index (χ2v) is 5.37. The van der Waals surface area contributed by atoms with Crippen molar-refractivity contribution in [1.82, 2.24) is 9.97 Å². The van der Waals surface area contributed by atoms with Gasteiger partial charge in [0, 0.05) is 16.7 Å². The minimum Gasteiger partial charge on any atom is -0.430 e. The second-order valence-electron chi connectivity index (χ2n) is 3.26. The number of hydrogen-bond donors (Lipinski definition) is 0. The van der Waals surface area contributed by atoms with Crippen molar-refractivity contribution in [3.8, 4) is 11.6 Å². The molecule has 2 aromatic rings. The minimum atomic E-state index is -0.545. The molecule has 98 valence electrons. The summed E-state index contributed by atoms with van der Waals surface area (Å²) < 4.78 is 6.41. The van der Waals surface area contributed by atoms with Gasteiger partial charge in [0.25, 0.3) is 0 Å². The summed E-state index contributed by atoms with van der Waals surface area (Å²) in [5, 5.41) is 10.9. The lowest BCUT2D eigenvalue weighted by Crippen LogP contribution is -1.96. The molecule has 0 amide bonds. The number of nitro benzene ring substituents is 1. The van der Waals surface area contributed by atoms with Crippen molar-refractivity contribution >= 4 is 49.1 Å². The van der Waals surface area contributed by atoms with Gasteiger partial charge in [-0.05, 0) is 39.7 Å². The maximum Gasteiger partial charge on any atom is 0.312 e. The molecule has 0 saturated heterocycles. The number of halogens is 3. The molecule has 0 aliphatic carbocycles. The summed E-state index contributed by atoms with van der Waals surface area (Å²) in [6.45, 7) is 0. The third-order valence-electron chi connectivity index (χ3n) is 2.01. The van der Waals surface area contributed by atoms with Gasteiger partial charge >= 0.3 is 5.69 Å². The number of nitrogens with zero attached hydrogens (tertiary/aromatic N) is 3. The van der Waals surface area contributed by atoms with Crippen molar-refractivity contribution in [3.63, 3.8) is 0 Å². The van der Waals surface area contributed by atoms with Crippen LogP contribution in [-0.4, -0.2) is 14.9 Å². The van der Waals surface area contributed by atoms with Crippen LogP contribution in [0.5, 0.6) is 11.6 Å². The van der Waals surface area contributed by atoms with Gasteiger partial charge in [0.2, 0.25) is 16.9 Å². The van der Waals surface area contributed by atoms with Crippen molar-refractivity contribution in [2.24, 2.45) is 0 Å². The number of aromatic nitrogens is 2. The fraction of sp³-hybridized carbons (Fsp3) is 0. The molecule has 0 radical (unpaired) electrons.